The molecule has 18 heavy (non-hydrogen) atoms. The molecule has 0 amide bonds. The zero-order valence-corrected chi connectivity index (χ0v) is 8.92. The number of hydrogen-bond donors (Lipinski definition) is 1. The molecule has 0 saturated heterocycles. The molecule has 0 unspecified atom stereocenters. The van der Waals surface area contributed by atoms with Gasteiger partial charge in [-0.3, -0.25) is 0 Å². The fraction of sp³-hybridized carbons (Fsp3) is 0.222. The smallest absolute Gasteiger partial charge is 0.318 e. The van der Waals surface area contributed by atoms with Gasteiger partial charge in [0.15, 0.2) is 17.5 Å². The Morgan fingerprint density at radius 3 is 2.44 bits per heavy atom. The minimum Gasteiger partial charge on any atom is -0.318 e. The van der Waals surface area contributed by atoms with Gasteiger partial charge in [-0.2, -0.15) is 13.2 Å². The molecule has 0 aliphatic rings. The number of hydrogen-bond acceptors (Lipinski definition) is 5. The predicted molar refractivity (Wildman–Crippen MR) is 51.5 cm³/mol. The Bertz CT molecular complexity index is 566. The van der Waals surface area contributed by atoms with Crippen molar-refractivity contribution in [2.45, 2.75) is 13.1 Å². The van der Waals surface area contributed by atoms with Crippen LogP contribution < -0.4 is 5.32 Å². The Morgan fingerprint density at radius 1 is 1.22 bits per heavy atom. The monoisotopic (exact) mass is 262 g/mol. The van der Waals surface area contributed by atoms with E-state index < -0.39 is 17.6 Å². The number of pyridine rings is 1. The van der Waals surface area contributed by atoms with Gasteiger partial charge in [0, 0.05) is 6.20 Å². The molecule has 1 N–H and O–H groups in total. The highest BCUT2D eigenvalue weighted by molar-refractivity contribution is 5.53. The summed E-state index contributed by atoms with van der Waals surface area (Å²) in [6, 6.07) is 0.345. The van der Waals surface area contributed by atoms with Gasteiger partial charge in [0.05, 0.1) is 5.56 Å². The molecule has 0 atom stereocenters. The molecule has 2 heterocycles. The molecule has 5 nitrogen and oxygen atoms in total. The molecule has 96 valence electrons. The third-order valence-electron chi connectivity index (χ3n) is 2.06. The lowest BCUT2D eigenvalue weighted by molar-refractivity contribution is -0.138. The fourth-order valence-electron chi connectivity index (χ4n) is 1.14. The average Bonchev–Trinajstić information content (AvgIpc) is 2.66. The number of aryl methyl sites for hydroxylation is 1. The molecule has 2 aromatic rings. The SMILES string of the molecule is Cc1nonc1Nc1ncc(C(F)(F)F)cc1F. The molecule has 9 heteroatoms. The van der Waals surface area contributed by atoms with Crippen LogP contribution in [-0.2, 0) is 6.18 Å². The van der Waals surface area contributed by atoms with Crippen molar-refractivity contribution in [3.05, 3.63) is 29.3 Å². The van der Waals surface area contributed by atoms with Crippen LogP contribution in [0.1, 0.15) is 11.3 Å². The summed E-state index contributed by atoms with van der Waals surface area (Å²) in [5.41, 5.74) is -0.836. The van der Waals surface area contributed by atoms with Gasteiger partial charge in [-0.1, -0.05) is 5.16 Å². The van der Waals surface area contributed by atoms with Gasteiger partial charge in [0.1, 0.15) is 5.69 Å². The minimum atomic E-state index is -4.64. The van der Waals surface area contributed by atoms with Gasteiger partial charge in [0.25, 0.3) is 0 Å². The van der Waals surface area contributed by atoms with Gasteiger partial charge >= 0.3 is 6.18 Å². The molecule has 0 saturated carbocycles. The van der Waals surface area contributed by atoms with Crippen LogP contribution in [0.3, 0.4) is 0 Å². The van der Waals surface area contributed by atoms with E-state index in [1.165, 1.54) is 6.92 Å². The summed E-state index contributed by atoms with van der Waals surface area (Å²) in [6.07, 6.45) is -4.12. The quantitative estimate of drug-likeness (QED) is 0.843. The van der Waals surface area contributed by atoms with E-state index >= 15 is 0 Å². The first kappa shape index (κ1) is 12.3. The summed E-state index contributed by atoms with van der Waals surface area (Å²) in [5, 5.41) is 9.20. The summed E-state index contributed by atoms with van der Waals surface area (Å²) >= 11 is 0. The van der Waals surface area contributed by atoms with E-state index in [0.29, 0.717) is 18.0 Å². The van der Waals surface area contributed by atoms with Crippen LogP contribution in [0.15, 0.2) is 16.9 Å². The Morgan fingerprint density at radius 2 is 1.94 bits per heavy atom. The molecule has 0 fully saturated rings. The predicted octanol–water partition coefficient (Wildman–Crippen LogP) is 2.67. The van der Waals surface area contributed by atoms with Crippen molar-refractivity contribution in [2.24, 2.45) is 0 Å². The van der Waals surface area contributed by atoms with Crippen molar-refractivity contribution >= 4 is 11.6 Å². The fourth-order valence-corrected chi connectivity index (χ4v) is 1.14. The van der Waals surface area contributed by atoms with Gasteiger partial charge < -0.3 is 5.32 Å². The minimum absolute atomic E-state index is 0.0844. The number of alkyl halides is 3. The number of halogens is 4. The van der Waals surface area contributed by atoms with Crippen molar-refractivity contribution < 1.29 is 22.2 Å². The molecular formula is C9H6F4N4O. The number of nitrogens with one attached hydrogen (secondary N) is 1. The second kappa shape index (κ2) is 4.24. The van der Waals surface area contributed by atoms with Crippen molar-refractivity contribution in [1.82, 2.24) is 15.3 Å². The van der Waals surface area contributed by atoms with E-state index in [-0.39, 0.29) is 11.6 Å². The Hall–Kier alpha value is -2.19. The molecule has 2 rings (SSSR count). The zero-order valence-electron chi connectivity index (χ0n) is 8.92. The Balaban J connectivity index is 2.29. The van der Waals surface area contributed by atoms with E-state index in [9.17, 15) is 17.6 Å². The van der Waals surface area contributed by atoms with Crippen molar-refractivity contribution in [2.75, 3.05) is 5.32 Å². The highest BCUT2D eigenvalue weighted by Gasteiger charge is 2.32. The van der Waals surface area contributed by atoms with Crippen LogP contribution in [-0.4, -0.2) is 15.3 Å². The molecule has 0 spiro atoms. The molecule has 0 aromatic carbocycles. The maximum atomic E-state index is 13.4. The maximum Gasteiger partial charge on any atom is 0.417 e. The zero-order chi connectivity index (χ0) is 13.3. The second-order valence-corrected chi connectivity index (χ2v) is 3.38. The number of anilines is 2. The highest BCUT2D eigenvalue weighted by Crippen LogP contribution is 2.30. The third kappa shape index (κ3) is 2.39. The average molecular weight is 262 g/mol. The highest BCUT2D eigenvalue weighted by atomic mass is 19.4. The van der Waals surface area contributed by atoms with Gasteiger partial charge in [-0.15, -0.1) is 0 Å². The number of nitrogens with zero attached hydrogens (tertiary/aromatic N) is 3. The van der Waals surface area contributed by atoms with E-state index in [1.807, 2.05) is 0 Å². The topological polar surface area (TPSA) is 63.8 Å². The molecule has 0 aliphatic heterocycles. The summed E-state index contributed by atoms with van der Waals surface area (Å²) in [4.78, 5) is 3.35. The normalized spacial score (nSPS) is 11.6. The van der Waals surface area contributed by atoms with Gasteiger partial charge in [-0.05, 0) is 18.1 Å². The molecule has 0 bridgehead atoms. The molecule has 2 aromatic heterocycles. The van der Waals surface area contributed by atoms with E-state index in [1.54, 1.807) is 0 Å². The van der Waals surface area contributed by atoms with Crippen molar-refractivity contribution in [3.8, 4) is 0 Å². The summed E-state index contributed by atoms with van der Waals surface area (Å²) in [6.45, 7) is 1.53. The Kier molecular flexibility index (Phi) is 2.89. The van der Waals surface area contributed by atoms with Crippen LogP contribution in [0.4, 0.5) is 29.2 Å². The molecular weight excluding hydrogens is 256 g/mol. The third-order valence-corrected chi connectivity index (χ3v) is 2.06. The van der Waals surface area contributed by atoms with E-state index in [4.69, 9.17) is 0 Å². The van der Waals surface area contributed by atoms with Crippen LogP contribution in [0.25, 0.3) is 0 Å². The lowest BCUT2D eigenvalue weighted by Crippen LogP contribution is -2.08. The standard InChI is InChI=1S/C9H6F4N4O/c1-4-7(17-18-16-4)15-8-6(10)2-5(3-14-8)9(11,12)13/h2-3H,1H3,(H,14,15,17). The van der Waals surface area contributed by atoms with Crippen LogP contribution in [0.5, 0.6) is 0 Å². The first-order valence-electron chi connectivity index (χ1n) is 4.67. The Labute approximate surface area is 97.8 Å². The van der Waals surface area contributed by atoms with Crippen LogP contribution >= 0.6 is 0 Å². The summed E-state index contributed by atoms with van der Waals surface area (Å²) in [7, 11) is 0. The number of aromatic nitrogens is 3. The van der Waals surface area contributed by atoms with Crippen molar-refractivity contribution in [3.63, 3.8) is 0 Å². The van der Waals surface area contributed by atoms with Gasteiger partial charge in [-0.25, -0.2) is 14.0 Å². The first-order valence-corrected chi connectivity index (χ1v) is 4.67. The van der Waals surface area contributed by atoms with E-state index in [0.717, 1.165) is 0 Å². The molecule has 0 radical (unpaired) electrons. The maximum absolute atomic E-state index is 13.4. The summed E-state index contributed by atoms with van der Waals surface area (Å²) in [5.74, 6) is -1.45. The van der Waals surface area contributed by atoms with Crippen LogP contribution in [0, 0.1) is 12.7 Å². The summed E-state index contributed by atoms with van der Waals surface area (Å²) < 4.78 is 54.6. The second-order valence-electron chi connectivity index (χ2n) is 3.38. The lowest BCUT2D eigenvalue weighted by atomic mass is 10.2. The largest absolute Gasteiger partial charge is 0.417 e. The van der Waals surface area contributed by atoms with Crippen molar-refractivity contribution in [1.29, 1.82) is 0 Å². The first-order chi connectivity index (χ1) is 8.38. The van der Waals surface area contributed by atoms with Crippen LogP contribution in [0.2, 0.25) is 0 Å². The lowest BCUT2D eigenvalue weighted by Gasteiger charge is -2.08. The number of rotatable bonds is 2. The molecule has 0 aliphatic carbocycles. The van der Waals surface area contributed by atoms with Gasteiger partial charge in [0.2, 0.25) is 0 Å². The van der Waals surface area contributed by atoms with E-state index in [2.05, 4.69) is 25.2 Å².